The van der Waals surface area contributed by atoms with Gasteiger partial charge in [0.1, 0.15) is 5.69 Å². The highest BCUT2D eigenvalue weighted by molar-refractivity contribution is 5.75. The van der Waals surface area contributed by atoms with Gasteiger partial charge in [0, 0.05) is 0 Å². The maximum absolute atomic E-state index is 12.2. The van der Waals surface area contributed by atoms with Gasteiger partial charge < -0.3 is 4.52 Å². The molecule has 0 aliphatic rings. The molecule has 0 saturated heterocycles. The molecule has 0 radical (unpaired) electrons. The summed E-state index contributed by atoms with van der Waals surface area (Å²) in [7, 11) is 0. The first-order valence-electron chi connectivity index (χ1n) is 3.79. The molecule has 0 aliphatic heterocycles. The zero-order chi connectivity index (χ0) is 10.3. The van der Waals surface area contributed by atoms with Crippen LogP contribution in [0.3, 0.4) is 0 Å². The number of halogens is 3. The highest BCUT2D eigenvalue weighted by Gasteiger charge is 2.33. The second-order valence-electron chi connectivity index (χ2n) is 2.81. The van der Waals surface area contributed by atoms with Gasteiger partial charge in [0.2, 0.25) is 0 Å². The second-order valence-corrected chi connectivity index (χ2v) is 2.81. The van der Waals surface area contributed by atoms with E-state index in [4.69, 9.17) is 0 Å². The minimum atomic E-state index is -4.45. The van der Waals surface area contributed by atoms with Crippen molar-refractivity contribution in [3.8, 4) is 0 Å². The summed E-state index contributed by atoms with van der Waals surface area (Å²) in [5.41, 5.74) is -0.528. The molecule has 3 nitrogen and oxygen atoms in total. The Morgan fingerprint density at radius 2 is 2.00 bits per heavy atom. The number of alkyl halides is 3. The van der Waals surface area contributed by atoms with Crippen LogP contribution in [-0.4, -0.2) is 10.1 Å². The molecule has 0 atom stereocenters. The lowest BCUT2D eigenvalue weighted by Gasteiger charge is -2.03. The van der Waals surface area contributed by atoms with Crippen molar-refractivity contribution in [3.05, 3.63) is 23.5 Å². The van der Waals surface area contributed by atoms with Gasteiger partial charge >= 0.3 is 6.18 Å². The molecule has 0 spiro atoms. The molecular weight excluding hydrogens is 197 g/mol. The molecule has 0 bridgehead atoms. The van der Waals surface area contributed by atoms with Gasteiger partial charge in [-0.25, -0.2) is 4.98 Å². The fraction of sp³-hybridized carbons (Fsp3) is 0.250. The number of aryl methyl sites for hydroxylation is 1. The van der Waals surface area contributed by atoms with Crippen LogP contribution in [0.4, 0.5) is 13.2 Å². The standard InChI is InChI=1S/C8H5F3N2O/c1-4-5-2-3-6(8(9,10)11)12-7(5)14-13-4/h2-3H,1H3. The van der Waals surface area contributed by atoms with Gasteiger partial charge in [-0.15, -0.1) is 0 Å². The largest absolute Gasteiger partial charge is 0.433 e. The lowest BCUT2D eigenvalue weighted by Crippen LogP contribution is -2.07. The second kappa shape index (κ2) is 2.70. The van der Waals surface area contributed by atoms with Gasteiger partial charge in [-0.2, -0.15) is 13.2 Å². The van der Waals surface area contributed by atoms with Crippen LogP contribution in [0.15, 0.2) is 16.7 Å². The molecule has 6 heteroatoms. The number of rotatable bonds is 0. The number of pyridine rings is 1. The molecule has 0 aliphatic carbocycles. The third-order valence-corrected chi connectivity index (χ3v) is 1.81. The summed E-state index contributed by atoms with van der Waals surface area (Å²) in [6.07, 6.45) is -4.45. The molecule has 0 saturated carbocycles. The molecule has 2 rings (SSSR count). The van der Waals surface area contributed by atoms with E-state index in [0.717, 1.165) is 6.07 Å². The summed E-state index contributed by atoms with van der Waals surface area (Å²) in [5, 5.41) is 4.01. The van der Waals surface area contributed by atoms with E-state index in [1.165, 1.54) is 6.07 Å². The molecule has 0 aromatic carbocycles. The first kappa shape index (κ1) is 8.98. The van der Waals surface area contributed by atoms with Crippen LogP contribution in [0.5, 0.6) is 0 Å². The van der Waals surface area contributed by atoms with Crippen molar-refractivity contribution in [2.24, 2.45) is 0 Å². The third-order valence-electron chi connectivity index (χ3n) is 1.81. The van der Waals surface area contributed by atoms with E-state index in [1.807, 2.05) is 0 Å². The van der Waals surface area contributed by atoms with E-state index < -0.39 is 11.9 Å². The van der Waals surface area contributed by atoms with E-state index in [1.54, 1.807) is 6.92 Å². The molecule has 74 valence electrons. The Kier molecular flexibility index (Phi) is 1.73. The highest BCUT2D eigenvalue weighted by Crippen LogP contribution is 2.29. The van der Waals surface area contributed by atoms with Gasteiger partial charge in [0.25, 0.3) is 5.71 Å². The van der Waals surface area contributed by atoms with Crippen LogP contribution in [-0.2, 0) is 6.18 Å². The maximum Gasteiger partial charge on any atom is 0.433 e. The Bertz CT molecular complexity index is 475. The summed E-state index contributed by atoms with van der Waals surface area (Å²) in [6, 6.07) is 2.21. The fourth-order valence-electron chi connectivity index (χ4n) is 1.10. The van der Waals surface area contributed by atoms with Gasteiger partial charge in [0.15, 0.2) is 0 Å². The number of hydrogen-bond donors (Lipinski definition) is 0. The lowest BCUT2D eigenvalue weighted by molar-refractivity contribution is -0.141. The van der Waals surface area contributed by atoms with E-state index in [2.05, 4.69) is 14.7 Å². The Balaban J connectivity index is 2.63. The van der Waals surface area contributed by atoms with Gasteiger partial charge in [0.05, 0.1) is 11.1 Å². The van der Waals surface area contributed by atoms with Crippen molar-refractivity contribution in [2.45, 2.75) is 13.1 Å². The number of aromatic nitrogens is 2. The molecule has 14 heavy (non-hydrogen) atoms. The summed E-state index contributed by atoms with van der Waals surface area (Å²) in [6.45, 7) is 1.64. The molecule has 0 fully saturated rings. The Hall–Kier alpha value is -1.59. The highest BCUT2D eigenvalue weighted by atomic mass is 19.4. The van der Waals surface area contributed by atoms with Crippen molar-refractivity contribution in [2.75, 3.05) is 0 Å². The summed E-state index contributed by atoms with van der Waals surface area (Å²) < 4.78 is 41.2. The zero-order valence-electron chi connectivity index (χ0n) is 7.09. The summed E-state index contributed by atoms with van der Waals surface area (Å²) in [4.78, 5) is 3.31. The summed E-state index contributed by atoms with van der Waals surface area (Å²) in [5.74, 6) is 0. The average molecular weight is 202 g/mol. The van der Waals surface area contributed by atoms with Crippen LogP contribution < -0.4 is 0 Å². The predicted octanol–water partition coefficient (Wildman–Crippen LogP) is 2.55. The fourth-order valence-corrected chi connectivity index (χ4v) is 1.10. The van der Waals surface area contributed by atoms with Gasteiger partial charge in [-0.1, -0.05) is 5.16 Å². The normalized spacial score (nSPS) is 12.3. The van der Waals surface area contributed by atoms with Crippen LogP contribution in [0.2, 0.25) is 0 Å². The quantitative estimate of drug-likeness (QED) is 0.658. The zero-order valence-corrected chi connectivity index (χ0v) is 7.09. The van der Waals surface area contributed by atoms with Crippen LogP contribution in [0.1, 0.15) is 11.4 Å². The maximum atomic E-state index is 12.2. The van der Waals surface area contributed by atoms with Gasteiger partial charge in [-0.3, -0.25) is 0 Å². The van der Waals surface area contributed by atoms with Crippen LogP contribution in [0, 0.1) is 6.92 Å². The Morgan fingerprint density at radius 3 is 2.64 bits per heavy atom. The Labute approximate surface area is 76.5 Å². The van der Waals surface area contributed by atoms with E-state index in [9.17, 15) is 13.2 Å². The van der Waals surface area contributed by atoms with Crippen LogP contribution in [0.25, 0.3) is 11.1 Å². The van der Waals surface area contributed by atoms with Crippen molar-refractivity contribution in [3.63, 3.8) is 0 Å². The molecule has 0 amide bonds. The lowest BCUT2D eigenvalue weighted by atomic mass is 10.2. The third kappa shape index (κ3) is 1.32. The minimum Gasteiger partial charge on any atom is -0.336 e. The Morgan fingerprint density at radius 1 is 1.29 bits per heavy atom. The molecule has 0 unspecified atom stereocenters. The molecular formula is C8H5F3N2O. The monoisotopic (exact) mass is 202 g/mol. The first-order chi connectivity index (χ1) is 6.48. The molecule has 2 aromatic heterocycles. The van der Waals surface area contributed by atoms with Crippen LogP contribution >= 0.6 is 0 Å². The van der Waals surface area contributed by atoms with E-state index in [-0.39, 0.29) is 5.71 Å². The number of nitrogens with zero attached hydrogens (tertiary/aromatic N) is 2. The number of fused-ring (bicyclic) bond motifs is 1. The topological polar surface area (TPSA) is 38.9 Å². The molecule has 2 aromatic rings. The molecule has 2 heterocycles. The molecule has 0 N–H and O–H groups in total. The smallest absolute Gasteiger partial charge is 0.336 e. The van der Waals surface area contributed by atoms with Crippen molar-refractivity contribution in [1.82, 2.24) is 10.1 Å². The van der Waals surface area contributed by atoms with Gasteiger partial charge in [-0.05, 0) is 19.1 Å². The average Bonchev–Trinajstić information content (AvgIpc) is 2.46. The van der Waals surface area contributed by atoms with Crippen molar-refractivity contribution in [1.29, 1.82) is 0 Å². The SMILES string of the molecule is Cc1noc2nc(C(F)(F)F)ccc12. The van der Waals surface area contributed by atoms with Crippen molar-refractivity contribution < 1.29 is 17.7 Å². The predicted molar refractivity (Wildman–Crippen MR) is 41.5 cm³/mol. The van der Waals surface area contributed by atoms with Crippen molar-refractivity contribution >= 4 is 11.1 Å². The summed E-state index contributed by atoms with van der Waals surface area (Å²) >= 11 is 0. The minimum absolute atomic E-state index is 0.0858. The number of hydrogen-bond acceptors (Lipinski definition) is 3. The van der Waals surface area contributed by atoms with E-state index >= 15 is 0 Å². The first-order valence-corrected chi connectivity index (χ1v) is 3.79. The van der Waals surface area contributed by atoms with E-state index in [0.29, 0.717) is 11.1 Å².